The molecular weight excluding hydrogens is 395 g/mol. The molecule has 2 aliphatic carbocycles. The molecule has 0 aliphatic heterocycles. The van der Waals surface area contributed by atoms with Gasteiger partial charge < -0.3 is 0 Å². The third kappa shape index (κ3) is 9.17. The predicted molar refractivity (Wildman–Crippen MR) is 104 cm³/mol. The molecule has 0 unspecified atom stereocenters. The van der Waals surface area contributed by atoms with Gasteiger partial charge in [-0.05, 0) is 81.0 Å². The third-order valence-electron chi connectivity index (χ3n) is 4.18. The van der Waals surface area contributed by atoms with E-state index in [2.05, 4.69) is 74.1 Å². The van der Waals surface area contributed by atoms with Gasteiger partial charge in [0.2, 0.25) is 0 Å². The fourth-order valence-electron chi connectivity index (χ4n) is 2.74. The molecular formula is C23H35ORh. The molecule has 0 aromatic rings. The average Bonchev–Trinajstić information content (AvgIpc) is 2.38. The maximum absolute atomic E-state index is 12.4. The summed E-state index contributed by atoms with van der Waals surface area (Å²) in [5, 5.41) is 0. The Hall–Kier alpha value is 0.293. The molecule has 2 saturated carbocycles. The summed E-state index contributed by atoms with van der Waals surface area (Å²) in [5.41, 5.74) is -0.161. The molecule has 0 aromatic heterocycles. The van der Waals surface area contributed by atoms with E-state index < -0.39 is 0 Å². The van der Waals surface area contributed by atoms with Gasteiger partial charge in [0, 0.05) is 19.5 Å². The molecule has 25 heavy (non-hydrogen) atoms. The largest absolute Gasteiger partial charge is 0.298 e. The molecule has 2 aliphatic rings. The van der Waals surface area contributed by atoms with E-state index in [1.165, 1.54) is 31.6 Å². The van der Waals surface area contributed by atoms with Crippen LogP contribution in [0.2, 0.25) is 0 Å². The van der Waals surface area contributed by atoms with E-state index in [1.54, 1.807) is 0 Å². The van der Waals surface area contributed by atoms with Crippen LogP contribution >= 0.6 is 0 Å². The van der Waals surface area contributed by atoms with E-state index in [4.69, 9.17) is 0 Å². The molecule has 2 fully saturated rings. The fraction of sp³-hybridized carbons (Fsp3) is 0.565. The van der Waals surface area contributed by atoms with Gasteiger partial charge in [0.05, 0.1) is 11.8 Å². The van der Waals surface area contributed by atoms with Crippen LogP contribution < -0.4 is 0 Å². The van der Waals surface area contributed by atoms with E-state index in [-0.39, 0.29) is 36.1 Å². The first-order chi connectivity index (χ1) is 11.0. The van der Waals surface area contributed by atoms with Gasteiger partial charge in [0.25, 0.3) is 0 Å². The van der Waals surface area contributed by atoms with Gasteiger partial charge in [-0.3, -0.25) is 4.79 Å². The van der Waals surface area contributed by atoms with Crippen LogP contribution in [-0.2, 0) is 24.3 Å². The molecule has 10 radical (unpaired) electrons. The van der Waals surface area contributed by atoms with E-state index in [0.29, 0.717) is 0 Å². The Morgan fingerprint density at radius 2 is 0.960 bits per heavy atom. The van der Waals surface area contributed by atoms with Crippen molar-refractivity contribution in [1.29, 1.82) is 0 Å². The average molecular weight is 430 g/mol. The topological polar surface area (TPSA) is 17.1 Å². The van der Waals surface area contributed by atoms with Crippen molar-refractivity contribution >= 4 is 5.78 Å². The SMILES string of the molecule is C[C]1[CH][C](C(C)(C)C)C(=O)[C](C(C)(C)C)[CH]1.[CH]1[CH]CC[CH][CH]CC1.[Rh]. The summed E-state index contributed by atoms with van der Waals surface area (Å²) in [6.07, 6.45) is 18.1. The van der Waals surface area contributed by atoms with Crippen LogP contribution in [0.25, 0.3) is 0 Å². The number of carbonyl (C=O) groups excluding carboxylic acids is 1. The number of hydrogen-bond acceptors (Lipinski definition) is 1. The molecule has 1 nitrogen and oxygen atoms in total. The van der Waals surface area contributed by atoms with Crippen molar-refractivity contribution < 1.29 is 24.3 Å². The van der Waals surface area contributed by atoms with Gasteiger partial charge >= 0.3 is 0 Å². The van der Waals surface area contributed by atoms with Crippen LogP contribution in [0.15, 0.2) is 0 Å². The Morgan fingerprint density at radius 1 is 0.680 bits per heavy atom. The maximum atomic E-state index is 12.4. The minimum absolute atomic E-state index is 0. The van der Waals surface area contributed by atoms with Crippen molar-refractivity contribution in [3.8, 4) is 0 Å². The van der Waals surface area contributed by atoms with Crippen LogP contribution in [0.5, 0.6) is 0 Å². The van der Waals surface area contributed by atoms with Gasteiger partial charge in [0.1, 0.15) is 5.78 Å². The summed E-state index contributed by atoms with van der Waals surface area (Å²) in [6, 6.07) is 0. The Balaban J connectivity index is 0.000000540. The first-order valence-corrected chi connectivity index (χ1v) is 9.16. The minimum Gasteiger partial charge on any atom is -0.298 e. The van der Waals surface area contributed by atoms with Crippen molar-refractivity contribution in [3.05, 3.63) is 56.3 Å². The number of carbonyl (C=O) groups is 1. The van der Waals surface area contributed by atoms with Crippen molar-refractivity contribution in [1.82, 2.24) is 0 Å². The summed E-state index contributed by atoms with van der Waals surface area (Å²) >= 11 is 0. The molecule has 0 N–H and O–H groups in total. The summed E-state index contributed by atoms with van der Waals surface area (Å²) in [5.74, 6) is 3.25. The second-order valence-electron chi connectivity index (χ2n) is 8.79. The van der Waals surface area contributed by atoms with Crippen LogP contribution in [0.1, 0.15) is 74.1 Å². The van der Waals surface area contributed by atoms with Crippen molar-refractivity contribution in [2.24, 2.45) is 10.8 Å². The van der Waals surface area contributed by atoms with Crippen LogP contribution in [0.4, 0.5) is 0 Å². The van der Waals surface area contributed by atoms with Crippen LogP contribution in [0, 0.1) is 67.1 Å². The first-order valence-electron chi connectivity index (χ1n) is 9.16. The number of ketones is 1. The second-order valence-corrected chi connectivity index (χ2v) is 8.79. The van der Waals surface area contributed by atoms with E-state index in [0.717, 1.165) is 11.8 Å². The van der Waals surface area contributed by atoms with Gasteiger partial charge in [-0.1, -0.05) is 48.5 Å². The predicted octanol–water partition coefficient (Wildman–Crippen LogP) is 6.19. The van der Waals surface area contributed by atoms with Gasteiger partial charge in [-0.2, -0.15) is 0 Å². The third-order valence-corrected chi connectivity index (χ3v) is 4.18. The maximum Gasteiger partial charge on any atom is 0.148 e. The summed E-state index contributed by atoms with van der Waals surface area (Å²) in [7, 11) is 0. The van der Waals surface area contributed by atoms with Crippen molar-refractivity contribution in [2.75, 3.05) is 0 Å². The monoisotopic (exact) mass is 430 g/mol. The zero-order valence-electron chi connectivity index (χ0n) is 17.0. The number of rotatable bonds is 0. The standard InChI is InChI=1S/C15H23O.C8H12.Rh/c1-10-8-11(14(2,3)4)13(16)12(9-10)15(5,6)7;1-2-4-6-8-7-5-3-1;/h8-9H,1-7H3;1-2,7-8H,3-6H2;. The zero-order valence-corrected chi connectivity index (χ0v) is 18.7. The van der Waals surface area contributed by atoms with E-state index in [1.807, 2.05) is 12.8 Å². The van der Waals surface area contributed by atoms with Gasteiger partial charge in [0.15, 0.2) is 0 Å². The second kappa shape index (κ2) is 11.2. The number of hydrogen-bond donors (Lipinski definition) is 0. The molecule has 0 heterocycles. The summed E-state index contributed by atoms with van der Waals surface area (Å²) < 4.78 is 0. The summed E-state index contributed by atoms with van der Waals surface area (Å²) in [4.78, 5) is 12.4. The molecule has 142 valence electrons. The fourth-order valence-corrected chi connectivity index (χ4v) is 2.74. The molecule has 0 spiro atoms. The molecule has 0 atom stereocenters. The summed E-state index contributed by atoms with van der Waals surface area (Å²) in [6.45, 7) is 14.6. The molecule has 2 heteroatoms. The molecule has 2 rings (SSSR count). The molecule has 0 aromatic carbocycles. The Bertz CT molecular complexity index is 325. The van der Waals surface area contributed by atoms with E-state index >= 15 is 0 Å². The Morgan fingerprint density at radius 3 is 1.20 bits per heavy atom. The normalized spacial score (nSPS) is 22.3. The Kier molecular flexibility index (Phi) is 11.3. The van der Waals surface area contributed by atoms with Crippen LogP contribution in [-0.4, -0.2) is 5.78 Å². The first kappa shape index (κ1) is 25.3. The molecule has 0 saturated heterocycles. The van der Waals surface area contributed by atoms with Gasteiger partial charge in [-0.15, -0.1) is 0 Å². The quantitative estimate of drug-likeness (QED) is 0.419. The van der Waals surface area contributed by atoms with Crippen molar-refractivity contribution in [3.63, 3.8) is 0 Å². The van der Waals surface area contributed by atoms with Gasteiger partial charge in [-0.25, -0.2) is 0 Å². The van der Waals surface area contributed by atoms with E-state index in [9.17, 15) is 4.79 Å². The van der Waals surface area contributed by atoms with Crippen LogP contribution in [0.3, 0.4) is 0 Å². The Labute approximate surface area is 171 Å². The zero-order chi connectivity index (χ0) is 18.4. The minimum atomic E-state index is -0.0803. The van der Waals surface area contributed by atoms with Crippen molar-refractivity contribution in [2.45, 2.75) is 74.1 Å². The molecule has 0 amide bonds. The molecule has 0 bridgehead atoms. The number of Topliss-reactive ketones (excluding diaryl/α,β-unsaturated/α-hetero) is 1. The smallest absolute Gasteiger partial charge is 0.148 e.